The Morgan fingerprint density at radius 2 is 2.00 bits per heavy atom. The quantitative estimate of drug-likeness (QED) is 0.654. The van der Waals surface area contributed by atoms with Crippen LogP contribution in [0.3, 0.4) is 0 Å². The third-order valence-corrected chi connectivity index (χ3v) is 5.17. The van der Waals surface area contributed by atoms with Gasteiger partial charge < -0.3 is 14.4 Å². The normalized spacial score (nSPS) is 20.3. The number of benzene rings is 1. The summed E-state index contributed by atoms with van der Waals surface area (Å²) in [4.78, 5) is 13.2. The van der Waals surface area contributed by atoms with Crippen molar-refractivity contribution in [1.82, 2.24) is 9.91 Å². The van der Waals surface area contributed by atoms with E-state index in [2.05, 4.69) is 39.9 Å². The Kier molecular flexibility index (Phi) is 7.32. The Labute approximate surface area is 164 Å². The number of hydrogen-bond donors (Lipinski definition) is 0. The van der Waals surface area contributed by atoms with Crippen LogP contribution in [-0.2, 0) is 4.79 Å². The lowest BCUT2D eigenvalue weighted by Gasteiger charge is -2.36. The van der Waals surface area contributed by atoms with Crippen LogP contribution in [-0.4, -0.2) is 61.9 Å². The maximum Gasteiger partial charge on any atom is 0.259 e. The smallest absolute Gasteiger partial charge is 0.259 e. The molecule has 1 aromatic carbocycles. The molecule has 1 aliphatic heterocycles. The van der Waals surface area contributed by atoms with Gasteiger partial charge in [0.05, 0.1) is 17.8 Å². The predicted molar refractivity (Wildman–Crippen MR) is 107 cm³/mol. The van der Waals surface area contributed by atoms with Crippen LogP contribution in [0.15, 0.2) is 21.7 Å². The third kappa shape index (κ3) is 5.13. The lowest BCUT2D eigenvalue weighted by molar-refractivity contribution is -0.130. The molecular weight excluding hydrogens is 398 g/mol. The summed E-state index contributed by atoms with van der Waals surface area (Å²) in [5, 5.41) is 6.86. The second kappa shape index (κ2) is 9.26. The average Bonchev–Trinajstić information content (AvgIpc) is 2.59. The molecule has 2 atom stereocenters. The Morgan fingerprint density at radius 3 is 2.58 bits per heavy atom. The predicted octanol–water partition coefficient (Wildman–Crippen LogP) is 3.52. The second-order valence-electron chi connectivity index (χ2n) is 6.86. The number of halogens is 1. The van der Waals surface area contributed by atoms with Gasteiger partial charge in [-0.3, -0.25) is 9.80 Å². The first kappa shape index (κ1) is 20.6. The van der Waals surface area contributed by atoms with Crippen LogP contribution in [0.5, 0.6) is 11.5 Å². The highest BCUT2D eigenvalue weighted by molar-refractivity contribution is 9.10. The molecule has 144 valence electrons. The van der Waals surface area contributed by atoms with Gasteiger partial charge in [0.1, 0.15) is 0 Å². The minimum atomic E-state index is -0.113. The van der Waals surface area contributed by atoms with E-state index in [1.165, 1.54) is 24.2 Å². The summed E-state index contributed by atoms with van der Waals surface area (Å²) >= 11 is 3.51. The van der Waals surface area contributed by atoms with E-state index < -0.39 is 0 Å². The summed E-state index contributed by atoms with van der Waals surface area (Å²) in [6, 6.07) is 4.67. The van der Waals surface area contributed by atoms with Crippen molar-refractivity contribution in [3.8, 4) is 11.5 Å². The SMILES string of the molecule is COc1cc(/C=N\N2[C@@H](C)CCC[C@@H]2C)cc(Br)c1OCC(=O)N(C)C. The van der Waals surface area contributed by atoms with E-state index in [9.17, 15) is 4.79 Å². The van der Waals surface area contributed by atoms with E-state index in [1.54, 1.807) is 21.2 Å². The number of carbonyl (C=O) groups is 1. The molecule has 1 saturated heterocycles. The first-order chi connectivity index (χ1) is 12.3. The number of ether oxygens (including phenoxy) is 2. The molecule has 1 heterocycles. The van der Waals surface area contributed by atoms with Gasteiger partial charge in [0.2, 0.25) is 0 Å². The summed E-state index contributed by atoms with van der Waals surface area (Å²) in [6.07, 6.45) is 5.44. The van der Waals surface area contributed by atoms with Crippen molar-refractivity contribution in [1.29, 1.82) is 0 Å². The fraction of sp³-hybridized carbons (Fsp3) is 0.579. The molecule has 0 radical (unpaired) electrons. The molecule has 1 aliphatic rings. The molecule has 0 spiro atoms. The molecule has 0 aliphatic carbocycles. The third-order valence-electron chi connectivity index (χ3n) is 4.58. The number of rotatable bonds is 6. The minimum Gasteiger partial charge on any atom is -0.493 e. The van der Waals surface area contributed by atoms with E-state index in [1.807, 2.05) is 18.3 Å². The van der Waals surface area contributed by atoms with Gasteiger partial charge in [0.15, 0.2) is 18.1 Å². The van der Waals surface area contributed by atoms with E-state index in [0.29, 0.717) is 23.6 Å². The highest BCUT2D eigenvalue weighted by atomic mass is 79.9. The fourth-order valence-corrected chi connectivity index (χ4v) is 3.56. The Morgan fingerprint density at radius 1 is 1.35 bits per heavy atom. The number of hydrogen-bond acceptors (Lipinski definition) is 5. The van der Waals surface area contributed by atoms with Crippen LogP contribution in [0.1, 0.15) is 38.7 Å². The summed E-state index contributed by atoms with van der Waals surface area (Å²) in [5.41, 5.74) is 0.907. The summed E-state index contributed by atoms with van der Waals surface area (Å²) in [7, 11) is 4.97. The zero-order chi connectivity index (χ0) is 19.3. The van der Waals surface area contributed by atoms with Crippen LogP contribution in [0.25, 0.3) is 0 Å². The minimum absolute atomic E-state index is 0.0434. The van der Waals surface area contributed by atoms with Crippen molar-refractivity contribution in [2.75, 3.05) is 27.8 Å². The molecule has 1 amide bonds. The van der Waals surface area contributed by atoms with Crippen LogP contribution >= 0.6 is 15.9 Å². The van der Waals surface area contributed by atoms with Gasteiger partial charge in [0.25, 0.3) is 5.91 Å². The van der Waals surface area contributed by atoms with Crippen molar-refractivity contribution < 1.29 is 14.3 Å². The van der Waals surface area contributed by atoms with Gasteiger partial charge in [0, 0.05) is 26.2 Å². The van der Waals surface area contributed by atoms with Crippen LogP contribution in [0, 0.1) is 0 Å². The Bertz CT molecular complexity index is 654. The largest absolute Gasteiger partial charge is 0.493 e. The van der Waals surface area contributed by atoms with Gasteiger partial charge in [-0.2, -0.15) is 5.10 Å². The first-order valence-corrected chi connectivity index (χ1v) is 9.65. The van der Waals surface area contributed by atoms with Crippen LogP contribution in [0.2, 0.25) is 0 Å². The van der Waals surface area contributed by atoms with Crippen molar-refractivity contribution in [2.24, 2.45) is 5.10 Å². The fourth-order valence-electron chi connectivity index (χ4n) is 2.99. The molecule has 1 fully saturated rings. The molecule has 0 bridgehead atoms. The number of hydrazone groups is 1. The van der Waals surface area contributed by atoms with Gasteiger partial charge >= 0.3 is 0 Å². The summed E-state index contributed by atoms with van der Waals surface area (Å²) < 4.78 is 11.8. The maximum absolute atomic E-state index is 11.8. The number of likely N-dealkylation sites (N-methyl/N-ethyl adjacent to an activating group) is 1. The lowest BCUT2D eigenvalue weighted by Crippen LogP contribution is -2.39. The first-order valence-electron chi connectivity index (χ1n) is 8.86. The van der Waals surface area contributed by atoms with Crippen LogP contribution < -0.4 is 9.47 Å². The van der Waals surface area contributed by atoms with Crippen molar-refractivity contribution in [3.63, 3.8) is 0 Å². The lowest BCUT2D eigenvalue weighted by atomic mass is 10.00. The maximum atomic E-state index is 11.8. The number of carbonyl (C=O) groups excluding carboxylic acids is 1. The van der Waals surface area contributed by atoms with E-state index >= 15 is 0 Å². The molecule has 26 heavy (non-hydrogen) atoms. The van der Waals surface area contributed by atoms with Crippen molar-refractivity contribution >= 4 is 28.1 Å². The second-order valence-corrected chi connectivity index (χ2v) is 7.72. The van der Waals surface area contributed by atoms with E-state index in [4.69, 9.17) is 9.47 Å². The Balaban J connectivity index is 2.17. The number of methoxy groups -OCH3 is 1. The summed E-state index contributed by atoms with van der Waals surface area (Å²) in [6.45, 7) is 4.38. The standard InChI is InChI=1S/C19H28BrN3O3/c1-13-7-6-8-14(2)23(13)21-11-15-9-16(20)19(17(10-15)25-5)26-12-18(24)22(3)4/h9-11,13-14H,6-8,12H2,1-5H3/b21-11-/t13-,14-/m0/s1. The highest BCUT2D eigenvalue weighted by Gasteiger charge is 2.22. The topological polar surface area (TPSA) is 54.4 Å². The van der Waals surface area contributed by atoms with Crippen molar-refractivity contribution in [2.45, 2.75) is 45.2 Å². The number of piperidine rings is 1. The summed E-state index contributed by atoms with van der Waals surface area (Å²) in [5.74, 6) is 0.962. The zero-order valence-corrected chi connectivity index (χ0v) is 17.7. The van der Waals surface area contributed by atoms with E-state index in [-0.39, 0.29) is 12.5 Å². The van der Waals surface area contributed by atoms with Gasteiger partial charge in [-0.15, -0.1) is 0 Å². The van der Waals surface area contributed by atoms with Gasteiger partial charge in [-0.25, -0.2) is 0 Å². The Hall–Kier alpha value is -1.76. The van der Waals surface area contributed by atoms with E-state index in [0.717, 1.165) is 10.0 Å². The molecule has 6 nitrogen and oxygen atoms in total. The van der Waals surface area contributed by atoms with Crippen molar-refractivity contribution in [3.05, 3.63) is 22.2 Å². The zero-order valence-electron chi connectivity index (χ0n) is 16.2. The molecule has 0 aromatic heterocycles. The molecule has 2 rings (SSSR count). The average molecular weight is 426 g/mol. The monoisotopic (exact) mass is 425 g/mol. The van der Waals surface area contributed by atoms with Gasteiger partial charge in [-0.05, 0) is 66.7 Å². The van der Waals surface area contributed by atoms with Gasteiger partial charge in [-0.1, -0.05) is 0 Å². The molecule has 7 heteroatoms. The number of nitrogens with zero attached hydrogens (tertiary/aromatic N) is 3. The number of amides is 1. The van der Waals surface area contributed by atoms with Crippen LogP contribution in [0.4, 0.5) is 0 Å². The molecule has 1 aromatic rings. The molecular formula is C19H28BrN3O3. The molecule has 0 saturated carbocycles. The molecule has 0 N–H and O–H groups in total. The highest BCUT2D eigenvalue weighted by Crippen LogP contribution is 2.36. The molecule has 0 unspecified atom stereocenters.